The SMILES string of the molecule is C#CCN(C)C(=NCCCCC)NC(=O)Nc1c(C)cccc1C. The second-order valence-corrected chi connectivity index (χ2v) is 5.82. The van der Waals surface area contributed by atoms with Crippen LogP contribution in [0.2, 0.25) is 0 Å². The van der Waals surface area contributed by atoms with Gasteiger partial charge < -0.3 is 10.2 Å². The molecule has 0 atom stereocenters. The molecule has 2 N–H and O–H groups in total. The molecule has 0 spiro atoms. The maximum atomic E-state index is 12.3. The zero-order chi connectivity index (χ0) is 17.9. The Hall–Kier alpha value is -2.48. The number of unbranched alkanes of at least 4 members (excludes halogenated alkanes) is 2. The molecule has 0 radical (unpaired) electrons. The van der Waals surface area contributed by atoms with Crippen LogP contribution in [0.4, 0.5) is 10.5 Å². The standard InChI is InChI=1S/C19H28N4O/c1-6-8-9-13-20-18(23(5)14-7-2)22-19(24)21-17-15(3)11-10-12-16(17)4/h2,10-12H,6,8-9,13-14H2,1,3-5H3,(H2,20,21,22,24). The summed E-state index contributed by atoms with van der Waals surface area (Å²) < 4.78 is 0. The first kappa shape index (κ1) is 19.6. The van der Waals surface area contributed by atoms with Crippen molar-refractivity contribution in [2.24, 2.45) is 4.99 Å². The van der Waals surface area contributed by atoms with Crippen LogP contribution in [-0.4, -0.2) is 37.0 Å². The smallest absolute Gasteiger partial charge is 0.326 e. The molecule has 0 aliphatic carbocycles. The third-order valence-electron chi connectivity index (χ3n) is 3.66. The maximum Gasteiger partial charge on any atom is 0.326 e. The predicted molar refractivity (Wildman–Crippen MR) is 101 cm³/mol. The fourth-order valence-corrected chi connectivity index (χ4v) is 2.27. The molecule has 130 valence electrons. The lowest BCUT2D eigenvalue weighted by atomic mass is 10.1. The Morgan fingerprint density at radius 2 is 1.96 bits per heavy atom. The van der Waals surface area contributed by atoms with E-state index in [-0.39, 0.29) is 6.03 Å². The Bertz CT molecular complexity index is 596. The van der Waals surface area contributed by atoms with Crippen molar-refractivity contribution in [1.29, 1.82) is 0 Å². The van der Waals surface area contributed by atoms with Gasteiger partial charge in [0.2, 0.25) is 5.96 Å². The Kier molecular flexibility index (Phi) is 8.42. The van der Waals surface area contributed by atoms with Gasteiger partial charge in [-0.3, -0.25) is 10.3 Å². The van der Waals surface area contributed by atoms with Crippen molar-refractivity contribution in [1.82, 2.24) is 10.2 Å². The van der Waals surface area contributed by atoms with Crippen LogP contribution in [0.1, 0.15) is 37.3 Å². The minimum Gasteiger partial charge on any atom is -0.335 e. The van der Waals surface area contributed by atoms with Crippen molar-refractivity contribution in [2.75, 3.05) is 25.5 Å². The zero-order valence-electron chi connectivity index (χ0n) is 15.1. The van der Waals surface area contributed by atoms with Gasteiger partial charge in [0, 0.05) is 19.3 Å². The number of nitrogens with zero attached hydrogens (tertiary/aromatic N) is 2. The topological polar surface area (TPSA) is 56.7 Å². The van der Waals surface area contributed by atoms with Crippen molar-refractivity contribution in [3.8, 4) is 12.3 Å². The molecule has 1 aromatic carbocycles. The minimum atomic E-state index is -0.314. The van der Waals surface area contributed by atoms with Crippen LogP contribution in [0.3, 0.4) is 0 Å². The first-order chi connectivity index (χ1) is 11.5. The van der Waals surface area contributed by atoms with Gasteiger partial charge in [-0.25, -0.2) is 4.79 Å². The normalized spacial score (nSPS) is 10.9. The summed E-state index contributed by atoms with van der Waals surface area (Å²) in [5.74, 6) is 3.06. The van der Waals surface area contributed by atoms with E-state index in [4.69, 9.17) is 6.42 Å². The van der Waals surface area contributed by atoms with E-state index in [1.165, 1.54) is 0 Å². The summed E-state index contributed by atoms with van der Waals surface area (Å²) in [7, 11) is 1.82. The summed E-state index contributed by atoms with van der Waals surface area (Å²) in [5, 5.41) is 5.71. The summed E-state index contributed by atoms with van der Waals surface area (Å²) in [4.78, 5) is 18.6. The number of amides is 2. The number of carbonyl (C=O) groups excluding carboxylic acids is 1. The number of urea groups is 1. The molecule has 0 fully saturated rings. The third kappa shape index (κ3) is 6.33. The minimum absolute atomic E-state index is 0.314. The predicted octanol–water partition coefficient (Wildman–Crippen LogP) is 3.54. The summed E-state index contributed by atoms with van der Waals surface area (Å²) >= 11 is 0. The second kappa shape index (κ2) is 10.3. The summed E-state index contributed by atoms with van der Waals surface area (Å²) in [5.41, 5.74) is 2.85. The molecular weight excluding hydrogens is 300 g/mol. The number of nitrogens with one attached hydrogen (secondary N) is 2. The highest BCUT2D eigenvalue weighted by Gasteiger charge is 2.12. The summed E-state index contributed by atoms with van der Waals surface area (Å²) in [6.45, 7) is 7.13. The Labute approximate surface area is 145 Å². The van der Waals surface area contributed by atoms with Crippen LogP contribution in [-0.2, 0) is 0 Å². The monoisotopic (exact) mass is 328 g/mol. The number of hydrogen-bond donors (Lipinski definition) is 2. The molecule has 5 heteroatoms. The number of guanidine groups is 1. The molecule has 24 heavy (non-hydrogen) atoms. The number of para-hydroxylation sites is 1. The van der Waals surface area contributed by atoms with Crippen LogP contribution in [0, 0.1) is 26.2 Å². The quantitative estimate of drug-likeness (QED) is 0.363. The average molecular weight is 328 g/mol. The number of hydrogen-bond acceptors (Lipinski definition) is 2. The van der Waals surface area contributed by atoms with Gasteiger partial charge >= 0.3 is 6.03 Å². The largest absolute Gasteiger partial charge is 0.335 e. The molecule has 1 rings (SSSR count). The Morgan fingerprint density at radius 3 is 2.54 bits per heavy atom. The van der Waals surface area contributed by atoms with Crippen LogP contribution >= 0.6 is 0 Å². The molecule has 0 bridgehead atoms. The zero-order valence-corrected chi connectivity index (χ0v) is 15.1. The lowest BCUT2D eigenvalue weighted by Crippen LogP contribution is -2.44. The van der Waals surface area contributed by atoms with E-state index in [2.05, 4.69) is 28.5 Å². The van der Waals surface area contributed by atoms with E-state index in [9.17, 15) is 4.79 Å². The average Bonchev–Trinajstić information content (AvgIpc) is 2.54. The van der Waals surface area contributed by atoms with Gasteiger partial charge in [0.15, 0.2) is 0 Å². The number of anilines is 1. The van der Waals surface area contributed by atoms with Crippen molar-refractivity contribution in [3.05, 3.63) is 29.3 Å². The van der Waals surface area contributed by atoms with Gasteiger partial charge in [0.05, 0.1) is 6.54 Å². The van der Waals surface area contributed by atoms with Crippen molar-refractivity contribution in [2.45, 2.75) is 40.0 Å². The van der Waals surface area contributed by atoms with Crippen molar-refractivity contribution in [3.63, 3.8) is 0 Å². The fraction of sp³-hybridized carbons (Fsp3) is 0.474. The van der Waals surface area contributed by atoms with Crippen molar-refractivity contribution >= 4 is 17.7 Å². The number of rotatable bonds is 6. The van der Waals surface area contributed by atoms with Crippen molar-refractivity contribution < 1.29 is 4.79 Å². The number of aryl methyl sites for hydroxylation is 2. The summed E-state index contributed by atoms with van der Waals surface area (Å²) in [6, 6.07) is 5.58. The van der Waals surface area contributed by atoms with Crippen LogP contribution in [0.25, 0.3) is 0 Å². The van der Waals surface area contributed by atoms with Gasteiger partial charge in [0.25, 0.3) is 0 Å². The molecule has 5 nitrogen and oxygen atoms in total. The van der Waals surface area contributed by atoms with Gasteiger partial charge in [-0.1, -0.05) is 43.9 Å². The molecule has 0 saturated carbocycles. The van der Waals surface area contributed by atoms with Crippen LogP contribution in [0.15, 0.2) is 23.2 Å². The molecule has 0 heterocycles. The van der Waals surface area contributed by atoms with E-state index in [0.717, 1.165) is 36.1 Å². The number of aliphatic imine (C=N–C) groups is 1. The van der Waals surface area contributed by atoms with E-state index in [1.54, 1.807) is 4.90 Å². The molecule has 0 aliphatic rings. The molecule has 2 amide bonds. The molecule has 0 aliphatic heterocycles. The van der Waals surface area contributed by atoms with Gasteiger partial charge in [-0.15, -0.1) is 6.42 Å². The van der Waals surface area contributed by atoms with E-state index >= 15 is 0 Å². The van der Waals surface area contributed by atoms with Gasteiger partial charge in [0.1, 0.15) is 0 Å². The first-order valence-corrected chi connectivity index (χ1v) is 8.32. The number of benzene rings is 1. The highest BCUT2D eigenvalue weighted by Crippen LogP contribution is 2.19. The Balaban J connectivity index is 2.77. The molecule has 1 aromatic rings. The van der Waals surface area contributed by atoms with E-state index in [0.29, 0.717) is 19.0 Å². The molecule has 0 aromatic heterocycles. The first-order valence-electron chi connectivity index (χ1n) is 8.32. The summed E-state index contributed by atoms with van der Waals surface area (Å²) in [6.07, 6.45) is 8.60. The molecule has 0 saturated heterocycles. The van der Waals surface area contributed by atoms with E-state index < -0.39 is 0 Å². The van der Waals surface area contributed by atoms with Gasteiger partial charge in [-0.05, 0) is 31.4 Å². The maximum absolute atomic E-state index is 12.3. The highest BCUT2D eigenvalue weighted by molar-refractivity contribution is 6.03. The number of terminal acetylenes is 1. The van der Waals surface area contributed by atoms with E-state index in [1.807, 2.05) is 39.1 Å². The third-order valence-corrected chi connectivity index (χ3v) is 3.66. The fourth-order valence-electron chi connectivity index (χ4n) is 2.27. The molecular formula is C19H28N4O. The molecule has 0 unspecified atom stereocenters. The van der Waals surface area contributed by atoms with Gasteiger partial charge in [-0.2, -0.15) is 0 Å². The second-order valence-electron chi connectivity index (χ2n) is 5.82. The van der Waals surface area contributed by atoms with Crippen LogP contribution < -0.4 is 10.6 Å². The number of carbonyl (C=O) groups is 1. The lowest BCUT2D eigenvalue weighted by molar-refractivity contribution is 0.255. The highest BCUT2D eigenvalue weighted by atomic mass is 16.2. The Morgan fingerprint density at radius 1 is 1.29 bits per heavy atom. The lowest BCUT2D eigenvalue weighted by Gasteiger charge is -2.20. The van der Waals surface area contributed by atoms with Crippen LogP contribution in [0.5, 0.6) is 0 Å².